The lowest BCUT2D eigenvalue weighted by atomic mass is 10.2. The molecule has 26 heavy (non-hydrogen) atoms. The Hall–Kier alpha value is -3.02. The van der Waals surface area contributed by atoms with Gasteiger partial charge >= 0.3 is 6.03 Å². The molecule has 0 bridgehead atoms. The Bertz CT molecular complexity index is 843. The summed E-state index contributed by atoms with van der Waals surface area (Å²) in [4.78, 5) is 22.1. The highest BCUT2D eigenvalue weighted by atomic mass is 16.2. The number of rotatable bonds is 5. The van der Waals surface area contributed by atoms with E-state index in [0.29, 0.717) is 6.54 Å². The van der Waals surface area contributed by atoms with Gasteiger partial charge in [-0.05, 0) is 36.1 Å². The summed E-state index contributed by atoms with van der Waals surface area (Å²) in [5.74, 6) is 0.969. The second kappa shape index (κ2) is 7.47. The Morgan fingerprint density at radius 1 is 1.23 bits per heavy atom. The molecule has 3 N–H and O–H groups in total. The van der Waals surface area contributed by atoms with Crippen molar-refractivity contribution < 1.29 is 4.79 Å². The smallest absolute Gasteiger partial charge is 0.315 e. The van der Waals surface area contributed by atoms with E-state index in [2.05, 4.69) is 43.7 Å². The Balaban J connectivity index is 1.22. The molecule has 3 heterocycles. The second-order valence-corrected chi connectivity index (χ2v) is 6.65. The van der Waals surface area contributed by atoms with Crippen LogP contribution in [0.1, 0.15) is 12.1 Å². The number of aromatic nitrogens is 2. The van der Waals surface area contributed by atoms with Crippen LogP contribution in [0.3, 0.4) is 0 Å². The van der Waals surface area contributed by atoms with Crippen LogP contribution in [0.25, 0.3) is 10.9 Å². The molecule has 2 amide bonds. The van der Waals surface area contributed by atoms with Gasteiger partial charge < -0.3 is 20.5 Å². The SMILES string of the molecule is O=C(NCCc1cc2ccccc2[nH]1)N[C@H]1CCN(c2ccccn2)C1. The Morgan fingerprint density at radius 3 is 2.96 bits per heavy atom. The maximum absolute atomic E-state index is 12.1. The maximum Gasteiger partial charge on any atom is 0.315 e. The highest BCUT2D eigenvalue weighted by Gasteiger charge is 2.24. The van der Waals surface area contributed by atoms with E-state index in [-0.39, 0.29) is 12.1 Å². The molecule has 0 unspecified atom stereocenters. The third-order valence-corrected chi connectivity index (χ3v) is 4.76. The predicted octanol–water partition coefficient (Wildman–Crippen LogP) is 2.68. The van der Waals surface area contributed by atoms with Crippen molar-refractivity contribution in [3.05, 3.63) is 60.4 Å². The number of amides is 2. The van der Waals surface area contributed by atoms with Gasteiger partial charge in [-0.15, -0.1) is 0 Å². The van der Waals surface area contributed by atoms with Crippen LogP contribution in [0.2, 0.25) is 0 Å². The number of hydrogen-bond acceptors (Lipinski definition) is 3. The molecule has 3 aromatic rings. The van der Waals surface area contributed by atoms with E-state index in [1.807, 2.05) is 30.3 Å². The van der Waals surface area contributed by atoms with Crippen LogP contribution in [-0.2, 0) is 6.42 Å². The lowest BCUT2D eigenvalue weighted by molar-refractivity contribution is 0.238. The molecule has 1 aliphatic heterocycles. The molecular formula is C20H23N5O. The molecule has 0 spiro atoms. The molecule has 1 aromatic carbocycles. The fraction of sp³-hybridized carbons (Fsp3) is 0.300. The molecule has 0 radical (unpaired) electrons. The number of aromatic amines is 1. The zero-order valence-corrected chi connectivity index (χ0v) is 14.6. The number of H-pyrrole nitrogens is 1. The first kappa shape index (κ1) is 16.4. The molecule has 1 atom stereocenters. The molecule has 6 heteroatoms. The van der Waals surface area contributed by atoms with Crippen LogP contribution in [0.15, 0.2) is 54.7 Å². The van der Waals surface area contributed by atoms with Gasteiger partial charge in [0.15, 0.2) is 0 Å². The van der Waals surface area contributed by atoms with E-state index in [1.54, 1.807) is 6.20 Å². The van der Waals surface area contributed by atoms with Crippen molar-refractivity contribution in [3.8, 4) is 0 Å². The zero-order chi connectivity index (χ0) is 17.8. The number of fused-ring (bicyclic) bond motifs is 1. The van der Waals surface area contributed by atoms with Crippen LogP contribution in [-0.4, -0.2) is 41.7 Å². The van der Waals surface area contributed by atoms with Gasteiger partial charge in [-0.2, -0.15) is 0 Å². The largest absolute Gasteiger partial charge is 0.358 e. The lowest BCUT2D eigenvalue weighted by Crippen LogP contribution is -2.44. The van der Waals surface area contributed by atoms with Crippen molar-refractivity contribution >= 4 is 22.8 Å². The van der Waals surface area contributed by atoms with Crippen molar-refractivity contribution in [2.24, 2.45) is 0 Å². The number of para-hydroxylation sites is 1. The van der Waals surface area contributed by atoms with Gasteiger partial charge in [0, 0.05) is 49.5 Å². The molecular weight excluding hydrogens is 326 g/mol. The maximum atomic E-state index is 12.1. The first-order valence-corrected chi connectivity index (χ1v) is 9.05. The van der Waals surface area contributed by atoms with Gasteiger partial charge in [-0.1, -0.05) is 24.3 Å². The highest BCUT2D eigenvalue weighted by Crippen LogP contribution is 2.17. The fourth-order valence-electron chi connectivity index (χ4n) is 3.44. The van der Waals surface area contributed by atoms with E-state index < -0.39 is 0 Å². The average molecular weight is 349 g/mol. The third-order valence-electron chi connectivity index (χ3n) is 4.76. The molecule has 1 saturated heterocycles. The summed E-state index contributed by atoms with van der Waals surface area (Å²) in [6, 6.07) is 16.3. The van der Waals surface area contributed by atoms with E-state index in [4.69, 9.17) is 0 Å². The molecule has 134 valence electrons. The quantitative estimate of drug-likeness (QED) is 0.663. The van der Waals surface area contributed by atoms with Crippen LogP contribution >= 0.6 is 0 Å². The van der Waals surface area contributed by atoms with Crippen LogP contribution in [0.5, 0.6) is 0 Å². The predicted molar refractivity (Wildman–Crippen MR) is 103 cm³/mol. The molecule has 2 aromatic heterocycles. The number of carbonyl (C=O) groups is 1. The van der Waals surface area contributed by atoms with E-state index >= 15 is 0 Å². The van der Waals surface area contributed by atoms with Crippen molar-refractivity contribution in [1.82, 2.24) is 20.6 Å². The lowest BCUT2D eigenvalue weighted by Gasteiger charge is -2.17. The van der Waals surface area contributed by atoms with Crippen molar-refractivity contribution in [2.75, 3.05) is 24.5 Å². The van der Waals surface area contributed by atoms with Gasteiger partial charge in [0.1, 0.15) is 5.82 Å². The molecule has 6 nitrogen and oxygen atoms in total. The number of nitrogens with zero attached hydrogens (tertiary/aromatic N) is 2. The van der Waals surface area contributed by atoms with Gasteiger partial charge in [0.05, 0.1) is 0 Å². The normalized spacial score (nSPS) is 16.8. The molecule has 4 rings (SSSR count). The average Bonchev–Trinajstić information content (AvgIpc) is 3.29. The minimum Gasteiger partial charge on any atom is -0.358 e. The minimum atomic E-state index is -0.103. The van der Waals surface area contributed by atoms with Crippen LogP contribution < -0.4 is 15.5 Å². The van der Waals surface area contributed by atoms with Crippen LogP contribution in [0, 0.1) is 0 Å². The number of pyridine rings is 1. The van der Waals surface area contributed by atoms with Gasteiger partial charge in [0.2, 0.25) is 0 Å². The standard InChI is InChI=1S/C20H23N5O/c26-20(22-11-8-16-13-15-5-1-2-6-18(15)23-16)24-17-9-12-25(14-17)19-7-3-4-10-21-19/h1-7,10,13,17,23H,8-9,11-12,14H2,(H2,22,24,26)/t17-/m0/s1. The monoisotopic (exact) mass is 349 g/mol. The number of carbonyl (C=O) groups excluding carboxylic acids is 1. The summed E-state index contributed by atoms with van der Waals surface area (Å²) in [6.07, 6.45) is 3.52. The number of anilines is 1. The summed E-state index contributed by atoms with van der Waals surface area (Å²) in [5, 5.41) is 7.22. The highest BCUT2D eigenvalue weighted by molar-refractivity contribution is 5.80. The third kappa shape index (κ3) is 3.79. The summed E-state index contributed by atoms with van der Waals surface area (Å²) in [7, 11) is 0. The molecule has 1 fully saturated rings. The summed E-state index contributed by atoms with van der Waals surface area (Å²) in [5.41, 5.74) is 2.27. The summed E-state index contributed by atoms with van der Waals surface area (Å²) in [6.45, 7) is 2.32. The zero-order valence-electron chi connectivity index (χ0n) is 14.6. The first-order valence-electron chi connectivity index (χ1n) is 9.05. The van der Waals surface area contributed by atoms with Crippen LogP contribution in [0.4, 0.5) is 10.6 Å². The van der Waals surface area contributed by atoms with Crippen molar-refractivity contribution in [3.63, 3.8) is 0 Å². The number of urea groups is 1. The minimum absolute atomic E-state index is 0.103. The Morgan fingerprint density at radius 2 is 2.12 bits per heavy atom. The number of hydrogen-bond donors (Lipinski definition) is 3. The molecule has 0 saturated carbocycles. The van der Waals surface area contributed by atoms with Gasteiger partial charge in [-0.25, -0.2) is 9.78 Å². The Kier molecular flexibility index (Phi) is 4.73. The fourth-order valence-corrected chi connectivity index (χ4v) is 3.44. The first-order chi connectivity index (χ1) is 12.8. The molecule has 0 aliphatic carbocycles. The van der Waals surface area contributed by atoms with Crippen molar-refractivity contribution in [2.45, 2.75) is 18.9 Å². The summed E-state index contributed by atoms with van der Waals surface area (Å²) >= 11 is 0. The summed E-state index contributed by atoms with van der Waals surface area (Å²) < 4.78 is 0. The molecule has 1 aliphatic rings. The topological polar surface area (TPSA) is 73.1 Å². The van der Waals surface area contributed by atoms with Crippen molar-refractivity contribution in [1.29, 1.82) is 0 Å². The van der Waals surface area contributed by atoms with Gasteiger partial charge in [0.25, 0.3) is 0 Å². The van der Waals surface area contributed by atoms with E-state index in [9.17, 15) is 4.79 Å². The van der Waals surface area contributed by atoms with E-state index in [1.165, 1.54) is 5.39 Å². The number of nitrogens with one attached hydrogen (secondary N) is 3. The van der Waals surface area contributed by atoms with E-state index in [0.717, 1.165) is 43.0 Å². The van der Waals surface area contributed by atoms with Gasteiger partial charge in [-0.3, -0.25) is 0 Å². The number of benzene rings is 1. The second-order valence-electron chi connectivity index (χ2n) is 6.65. The Labute approximate surface area is 152 Å².